The Morgan fingerprint density at radius 1 is 0.850 bits per heavy atom. The zero-order valence-corrected chi connectivity index (χ0v) is 14.2. The van der Waals surface area contributed by atoms with E-state index in [-0.39, 0.29) is 0 Å². The molecule has 0 bridgehead atoms. The SMILES string of the molecule is Cc1ccc(C(C)N[C@@H](C)c2cccc(Br)c2)cc1C. The monoisotopic (exact) mass is 331 g/mol. The second-order valence-electron chi connectivity index (χ2n) is 5.51. The molecule has 2 aromatic rings. The number of hydrogen-bond acceptors (Lipinski definition) is 1. The molecule has 0 heterocycles. The quantitative estimate of drug-likeness (QED) is 0.782. The van der Waals surface area contributed by atoms with Crippen molar-refractivity contribution in [1.29, 1.82) is 0 Å². The van der Waals surface area contributed by atoms with Crippen molar-refractivity contribution >= 4 is 15.9 Å². The molecule has 2 heteroatoms. The average molecular weight is 332 g/mol. The first kappa shape index (κ1) is 15.3. The van der Waals surface area contributed by atoms with Gasteiger partial charge in [-0.3, -0.25) is 0 Å². The molecule has 1 nitrogen and oxygen atoms in total. The maximum absolute atomic E-state index is 3.67. The van der Waals surface area contributed by atoms with E-state index in [0.29, 0.717) is 12.1 Å². The van der Waals surface area contributed by atoms with Gasteiger partial charge in [-0.1, -0.05) is 46.3 Å². The molecular weight excluding hydrogens is 310 g/mol. The zero-order chi connectivity index (χ0) is 14.7. The fraction of sp³-hybridized carbons (Fsp3) is 0.333. The molecule has 2 rings (SSSR count). The third-order valence-electron chi connectivity index (χ3n) is 3.88. The third-order valence-corrected chi connectivity index (χ3v) is 4.37. The Labute approximate surface area is 130 Å². The van der Waals surface area contributed by atoms with Crippen molar-refractivity contribution in [2.24, 2.45) is 0 Å². The summed E-state index contributed by atoms with van der Waals surface area (Å²) < 4.78 is 1.13. The van der Waals surface area contributed by atoms with E-state index in [1.165, 1.54) is 22.3 Å². The molecule has 0 spiro atoms. The second-order valence-corrected chi connectivity index (χ2v) is 6.42. The molecule has 0 saturated heterocycles. The number of nitrogens with one attached hydrogen (secondary N) is 1. The van der Waals surface area contributed by atoms with Crippen LogP contribution in [0.15, 0.2) is 46.9 Å². The van der Waals surface area contributed by atoms with E-state index in [2.05, 4.69) is 91.4 Å². The van der Waals surface area contributed by atoms with Gasteiger partial charge in [0.15, 0.2) is 0 Å². The topological polar surface area (TPSA) is 12.0 Å². The highest BCUT2D eigenvalue weighted by Crippen LogP contribution is 2.23. The predicted octanol–water partition coefficient (Wildman–Crippen LogP) is 5.48. The number of halogens is 1. The normalized spacial score (nSPS) is 14.1. The molecule has 1 unspecified atom stereocenters. The van der Waals surface area contributed by atoms with Gasteiger partial charge >= 0.3 is 0 Å². The summed E-state index contributed by atoms with van der Waals surface area (Å²) >= 11 is 3.53. The molecule has 0 aliphatic carbocycles. The van der Waals surface area contributed by atoms with E-state index in [9.17, 15) is 0 Å². The number of benzene rings is 2. The minimum Gasteiger partial charge on any atom is -0.304 e. The van der Waals surface area contributed by atoms with Gasteiger partial charge in [0, 0.05) is 16.6 Å². The highest BCUT2D eigenvalue weighted by Gasteiger charge is 2.11. The fourth-order valence-electron chi connectivity index (χ4n) is 2.38. The van der Waals surface area contributed by atoms with Gasteiger partial charge in [-0.25, -0.2) is 0 Å². The average Bonchev–Trinajstić information content (AvgIpc) is 2.41. The van der Waals surface area contributed by atoms with Gasteiger partial charge in [0.1, 0.15) is 0 Å². The van der Waals surface area contributed by atoms with Gasteiger partial charge in [-0.2, -0.15) is 0 Å². The van der Waals surface area contributed by atoms with E-state index in [0.717, 1.165) is 4.47 Å². The standard InChI is InChI=1S/C18H22BrN/c1-12-8-9-17(10-13(12)2)15(4)20-14(3)16-6-5-7-18(19)11-16/h5-11,14-15,20H,1-4H3/t14-,15?/m0/s1. The van der Waals surface area contributed by atoms with Crippen LogP contribution in [0.25, 0.3) is 0 Å². The lowest BCUT2D eigenvalue weighted by Crippen LogP contribution is -2.22. The first-order chi connectivity index (χ1) is 9.47. The summed E-state index contributed by atoms with van der Waals surface area (Å²) in [6.45, 7) is 8.75. The van der Waals surface area contributed by atoms with Gasteiger partial charge in [0.25, 0.3) is 0 Å². The summed E-state index contributed by atoms with van der Waals surface area (Å²) in [7, 11) is 0. The summed E-state index contributed by atoms with van der Waals surface area (Å²) in [6.07, 6.45) is 0. The van der Waals surface area contributed by atoms with Crippen LogP contribution in [-0.4, -0.2) is 0 Å². The largest absolute Gasteiger partial charge is 0.304 e. The van der Waals surface area contributed by atoms with Gasteiger partial charge in [0.05, 0.1) is 0 Å². The van der Waals surface area contributed by atoms with Crippen molar-refractivity contribution in [3.8, 4) is 0 Å². The molecule has 0 radical (unpaired) electrons. The molecule has 2 atom stereocenters. The van der Waals surface area contributed by atoms with Crippen LogP contribution in [-0.2, 0) is 0 Å². The second kappa shape index (κ2) is 6.55. The lowest BCUT2D eigenvalue weighted by Gasteiger charge is -2.21. The Morgan fingerprint density at radius 3 is 2.10 bits per heavy atom. The van der Waals surface area contributed by atoms with Crippen molar-refractivity contribution in [1.82, 2.24) is 5.32 Å². The van der Waals surface area contributed by atoms with E-state index < -0.39 is 0 Å². The summed E-state index contributed by atoms with van der Waals surface area (Å²) in [5, 5.41) is 3.67. The van der Waals surface area contributed by atoms with E-state index in [4.69, 9.17) is 0 Å². The van der Waals surface area contributed by atoms with Crippen LogP contribution in [0.2, 0.25) is 0 Å². The molecule has 2 aromatic carbocycles. The van der Waals surface area contributed by atoms with E-state index >= 15 is 0 Å². The summed E-state index contributed by atoms with van der Waals surface area (Å²) in [6, 6.07) is 15.8. The minimum atomic E-state index is 0.323. The van der Waals surface area contributed by atoms with Crippen molar-refractivity contribution in [3.05, 3.63) is 69.2 Å². The first-order valence-corrected chi connectivity index (χ1v) is 7.85. The molecule has 0 aromatic heterocycles. The highest BCUT2D eigenvalue weighted by molar-refractivity contribution is 9.10. The number of aryl methyl sites for hydroxylation is 2. The van der Waals surface area contributed by atoms with Gasteiger partial charge in [-0.15, -0.1) is 0 Å². The smallest absolute Gasteiger partial charge is 0.0297 e. The van der Waals surface area contributed by atoms with Gasteiger partial charge < -0.3 is 5.32 Å². The fourth-order valence-corrected chi connectivity index (χ4v) is 2.79. The Morgan fingerprint density at radius 2 is 1.50 bits per heavy atom. The van der Waals surface area contributed by atoms with Crippen LogP contribution in [0.3, 0.4) is 0 Å². The molecule has 1 N–H and O–H groups in total. The molecule has 0 saturated carbocycles. The van der Waals surface area contributed by atoms with Crippen molar-refractivity contribution in [2.45, 2.75) is 39.8 Å². The van der Waals surface area contributed by atoms with Crippen LogP contribution in [0.4, 0.5) is 0 Å². The van der Waals surface area contributed by atoms with Crippen LogP contribution >= 0.6 is 15.9 Å². The third kappa shape index (κ3) is 3.71. The van der Waals surface area contributed by atoms with Crippen LogP contribution in [0.1, 0.15) is 48.2 Å². The van der Waals surface area contributed by atoms with Crippen LogP contribution in [0.5, 0.6) is 0 Å². The molecule has 0 aliphatic rings. The van der Waals surface area contributed by atoms with E-state index in [1.807, 2.05) is 0 Å². The first-order valence-electron chi connectivity index (χ1n) is 7.06. The number of rotatable bonds is 4. The van der Waals surface area contributed by atoms with Crippen molar-refractivity contribution < 1.29 is 0 Å². The lowest BCUT2D eigenvalue weighted by molar-refractivity contribution is 0.494. The molecule has 20 heavy (non-hydrogen) atoms. The van der Waals surface area contributed by atoms with Crippen LogP contribution < -0.4 is 5.32 Å². The summed E-state index contributed by atoms with van der Waals surface area (Å²) in [5.74, 6) is 0. The molecule has 106 valence electrons. The summed E-state index contributed by atoms with van der Waals surface area (Å²) in [5.41, 5.74) is 5.34. The van der Waals surface area contributed by atoms with Gasteiger partial charge in [-0.05, 0) is 62.1 Å². The Bertz CT molecular complexity index is 592. The maximum atomic E-state index is 3.67. The zero-order valence-electron chi connectivity index (χ0n) is 12.6. The lowest BCUT2D eigenvalue weighted by atomic mass is 10.0. The Balaban J connectivity index is 2.10. The Hall–Kier alpha value is -1.12. The Kier molecular flexibility index (Phi) is 5.00. The molecule has 0 fully saturated rings. The molecule has 0 aliphatic heterocycles. The molecular formula is C18H22BrN. The highest BCUT2D eigenvalue weighted by atomic mass is 79.9. The number of hydrogen-bond donors (Lipinski definition) is 1. The minimum absolute atomic E-state index is 0.323. The van der Waals surface area contributed by atoms with Crippen molar-refractivity contribution in [2.75, 3.05) is 0 Å². The van der Waals surface area contributed by atoms with E-state index in [1.54, 1.807) is 0 Å². The molecule has 0 amide bonds. The predicted molar refractivity (Wildman–Crippen MR) is 90.0 cm³/mol. The van der Waals surface area contributed by atoms with Crippen molar-refractivity contribution in [3.63, 3.8) is 0 Å². The maximum Gasteiger partial charge on any atom is 0.0297 e. The van der Waals surface area contributed by atoms with Gasteiger partial charge in [0.2, 0.25) is 0 Å². The summed E-state index contributed by atoms with van der Waals surface area (Å²) in [4.78, 5) is 0. The van der Waals surface area contributed by atoms with Crippen LogP contribution in [0, 0.1) is 13.8 Å².